The zero-order chi connectivity index (χ0) is 19.8. The number of nitrogens with zero attached hydrogens (tertiary/aromatic N) is 1. The minimum atomic E-state index is -0.405. The van der Waals surface area contributed by atoms with Gasteiger partial charge in [0.25, 0.3) is 0 Å². The zero-order valence-electron chi connectivity index (χ0n) is 16.2. The van der Waals surface area contributed by atoms with E-state index in [-0.39, 0.29) is 11.7 Å². The van der Waals surface area contributed by atoms with Crippen molar-refractivity contribution < 1.29 is 18.7 Å². The van der Waals surface area contributed by atoms with Gasteiger partial charge in [-0.15, -0.1) is 0 Å². The van der Waals surface area contributed by atoms with Crippen LogP contribution in [0.4, 0.5) is 4.39 Å². The highest BCUT2D eigenvalue weighted by Gasteiger charge is 2.11. The van der Waals surface area contributed by atoms with Gasteiger partial charge in [-0.2, -0.15) is 0 Å². The number of hydrogen-bond acceptors (Lipinski definition) is 4. The van der Waals surface area contributed by atoms with Gasteiger partial charge in [0.2, 0.25) is 5.91 Å². The van der Waals surface area contributed by atoms with Crippen LogP contribution in [0.3, 0.4) is 0 Å². The molecule has 0 atom stereocenters. The van der Waals surface area contributed by atoms with Crippen LogP contribution in [0.5, 0.6) is 5.75 Å². The number of rotatable bonds is 8. The lowest BCUT2D eigenvalue weighted by Gasteiger charge is -2.26. The van der Waals surface area contributed by atoms with Gasteiger partial charge in [-0.3, -0.25) is 9.69 Å². The van der Waals surface area contributed by atoms with Crippen LogP contribution in [0.15, 0.2) is 42.5 Å². The van der Waals surface area contributed by atoms with E-state index in [9.17, 15) is 9.18 Å². The van der Waals surface area contributed by atoms with Crippen LogP contribution in [0.25, 0.3) is 0 Å². The number of morpholine rings is 1. The van der Waals surface area contributed by atoms with E-state index in [1.807, 2.05) is 12.1 Å². The quantitative estimate of drug-likeness (QED) is 0.758. The summed E-state index contributed by atoms with van der Waals surface area (Å²) in [6.07, 6.45) is 0.809. The van der Waals surface area contributed by atoms with Crippen molar-refractivity contribution in [1.82, 2.24) is 10.2 Å². The van der Waals surface area contributed by atoms with E-state index in [2.05, 4.69) is 22.3 Å². The zero-order valence-corrected chi connectivity index (χ0v) is 16.2. The number of nitrogens with one attached hydrogen (secondary N) is 1. The first-order valence-corrected chi connectivity index (χ1v) is 9.61. The maximum atomic E-state index is 13.7. The first-order chi connectivity index (χ1) is 13.6. The molecule has 0 aliphatic carbocycles. The molecule has 1 amide bonds. The SMILES string of the molecule is COc1ccc(CCC(=O)NCc2cccc(CN3CCOCC3)c2)cc1F. The molecule has 0 bridgehead atoms. The monoisotopic (exact) mass is 386 g/mol. The number of carbonyl (C=O) groups excluding carboxylic acids is 1. The fourth-order valence-electron chi connectivity index (χ4n) is 3.27. The summed E-state index contributed by atoms with van der Waals surface area (Å²) in [5.74, 6) is -0.238. The van der Waals surface area contributed by atoms with Crippen LogP contribution in [0, 0.1) is 5.82 Å². The molecule has 1 N–H and O–H groups in total. The van der Waals surface area contributed by atoms with E-state index >= 15 is 0 Å². The fraction of sp³-hybridized carbons (Fsp3) is 0.409. The molecule has 1 aliphatic rings. The number of carbonyl (C=O) groups is 1. The summed E-state index contributed by atoms with van der Waals surface area (Å²) in [6, 6.07) is 13.1. The Hall–Kier alpha value is -2.44. The standard InChI is InChI=1S/C22H27FN2O3/c1-27-21-7-5-17(14-20(21)23)6-8-22(26)24-15-18-3-2-4-19(13-18)16-25-9-11-28-12-10-25/h2-5,7,13-14H,6,8-12,15-16H2,1H3,(H,24,26). The largest absolute Gasteiger partial charge is 0.494 e. The molecule has 0 spiro atoms. The highest BCUT2D eigenvalue weighted by molar-refractivity contribution is 5.76. The number of ether oxygens (including phenoxy) is 2. The average molecular weight is 386 g/mol. The summed E-state index contributed by atoms with van der Waals surface area (Å²) in [5, 5.41) is 2.95. The first-order valence-electron chi connectivity index (χ1n) is 9.61. The fourth-order valence-corrected chi connectivity index (χ4v) is 3.27. The van der Waals surface area contributed by atoms with E-state index in [4.69, 9.17) is 9.47 Å². The van der Waals surface area contributed by atoms with Crippen molar-refractivity contribution in [1.29, 1.82) is 0 Å². The molecule has 1 saturated heterocycles. The molecule has 0 radical (unpaired) electrons. The molecule has 0 saturated carbocycles. The molecule has 6 heteroatoms. The predicted octanol–water partition coefficient (Wildman–Crippen LogP) is 2.92. The second kappa shape index (κ2) is 10.2. The number of hydrogen-bond donors (Lipinski definition) is 1. The highest BCUT2D eigenvalue weighted by Crippen LogP contribution is 2.18. The van der Waals surface area contributed by atoms with Crippen LogP contribution >= 0.6 is 0 Å². The Kier molecular flexibility index (Phi) is 7.39. The Balaban J connectivity index is 1.45. The molecule has 1 fully saturated rings. The Morgan fingerprint density at radius 3 is 2.68 bits per heavy atom. The van der Waals surface area contributed by atoms with Crippen LogP contribution in [0.2, 0.25) is 0 Å². The first kappa shape index (κ1) is 20.3. The minimum Gasteiger partial charge on any atom is -0.494 e. The lowest BCUT2D eigenvalue weighted by Crippen LogP contribution is -2.35. The van der Waals surface area contributed by atoms with Crippen molar-refractivity contribution >= 4 is 5.91 Å². The molecule has 2 aromatic rings. The molecular formula is C22H27FN2O3. The maximum absolute atomic E-state index is 13.7. The predicted molar refractivity (Wildman–Crippen MR) is 106 cm³/mol. The number of aryl methyl sites for hydroxylation is 1. The number of halogens is 1. The molecule has 0 aromatic heterocycles. The molecule has 5 nitrogen and oxygen atoms in total. The molecule has 1 aliphatic heterocycles. The highest BCUT2D eigenvalue weighted by atomic mass is 19.1. The second-order valence-electron chi connectivity index (χ2n) is 6.95. The van der Waals surface area contributed by atoms with E-state index in [1.54, 1.807) is 12.1 Å². The van der Waals surface area contributed by atoms with Crippen molar-refractivity contribution in [2.45, 2.75) is 25.9 Å². The van der Waals surface area contributed by atoms with Gasteiger partial charge in [-0.1, -0.05) is 30.3 Å². The topological polar surface area (TPSA) is 50.8 Å². The summed E-state index contributed by atoms with van der Waals surface area (Å²) in [4.78, 5) is 14.5. The van der Waals surface area contributed by atoms with Gasteiger partial charge in [0.15, 0.2) is 11.6 Å². The van der Waals surface area contributed by atoms with Crippen LogP contribution in [-0.2, 0) is 29.0 Å². The van der Waals surface area contributed by atoms with Gasteiger partial charge in [-0.25, -0.2) is 4.39 Å². The van der Waals surface area contributed by atoms with E-state index in [1.165, 1.54) is 18.7 Å². The van der Waals surface area contributed by atoms with Crippen molar-refractivity contribution in [3.05, 3.63) is 65.0 Å². The molecule has 3 rings (SSSR count). The lowest BCUT2D eigenvalue weighted by molar-refractivity contribution is -0.121. The maximum Gasteiger partial charge on any atom is 0.220 e. The van der Waals surface area contributed by atoms with Gasteiger partial charge in [0, 0.05) is 32.6 Å². The smallest absolute Gasteiger partial charge is 0.220 e. The second-order valence-corrected chi connectivity index (χ2v) is 6.95. The molecule has 2 aromatic carbocycles. The number of methoxy groups -OCH3 is 1. The van der Waals surface area contributed by atoms with Gasteiger partial charge >= 0.3 is 0 Å². The van der Waals surface area contributed by atoms with E-state index in [0.29, 0.717) is 19.4 Å². The van der Waals surface area contributed by atoms with Crippen LogP contribution in [-0.4, -0.2) is 44.2 Å². The molecular weight excluding hydrogens is 359 g/mol. The van der Waals surface area contributed by atoms with Gasteiger partial charge in [0.1, 0.15) is 0 Å². The van der Waals surface area contributed by atoms with Crippen molar-refractivity contribution in [3.63, 3.8) is 0 Å². The lowest BCUT2D eigenvalue weighted by atomic mass is 10.1. The Labute approximate surface area is 165 Å². The average Bonchev–Trinajstić information content (AvgIpc) is 2.72. The number of benzene rings is 2. The summed E-state index contributed by atoms with van der Waals surface area (Å²) >= 11 is 0. The minimum absolute atomic E-state index is 0.0465. The van der Waals surface area contributed by atoms with E-state index < -0.39 is 5.82 Å². The Bertz CT molecular complexity index is 791. The third-order valence-electron chi connectivity index (χ3n) is 4.85. The molecule has 1 heterocycles. The summed E-state index contributed by atoms with van der Waals surface area (Å²) in [5.41, 5.74) is 3.10. The normalized spacial score (nSPS) is 14.6. The van der Waals surface area contributed by atoms with E-state index in [0.717, 1.165) is 44.0 Å². The summed E-state index contributed by atoms with van der Waals surface area (Å²) in [6.45, 7) is 4.86. The molecule has 150 valence electrons. The van der Waals surface area contributed by atoms with Crippen LogP contribution in [0.1, 0.15) is 23.1 Å². The molecule has 0 unspecified atom stereocenters. The number of amides is 1. The van der Waals surface area contributed by atoms with Gasteiger partial charge < -0.3 is 14.8 Å². The van der Waals surface area contributed by atoms with Crippen molar-refractivity contribution in [2.75, 3.05) is 33.4 Å². The van der Waals surface area contributed by atoms with Crippen molar-refractivity contribution in [2.24, 2.45) is 0 Å². The van der Waals surface area contributed by atoms with Crippen molar-refractivity contribution in [3.8, 4) is 5.75 Å². The summed E-state index contributed by atoms with van der Waals surface area (Å²) < 4.78 is 24.0. The Morgan fingerprint density at radius 1 is 1.14 bits per heavy atom. The summed E-state index contributed by atoms with van der Waals surface area (Å²) in [7, 11) is 1.43. The third kappa shape index (κ3) is 6.04. The van der Waals surface area contributed by atoms with Crippen LogP contribution < -0.4 is 10.1 Å². The van der Waals surface area contributed by atoms with Gasteiger partial charge in [-0.05, 0) is 35.2 Å². The Morgan fingerprint density at radius 2 is 1.93 bits per heavy atom. The molecule has 28 heavy (non-hydrogen) atoms. The van der Waals surface area contributed by atoms with Gasteiger partial charge in [0.05, 0.1) is 20.3 Å². The third-order valence-corrected chi connectivity index (χ3v) is 4.85.